The summed E-state index contributed by atoms with van der Waals surface area (Å²) >= 11 is 0. The molecular weight excluding hydrogens is 472 g/mol. The van der Waals surface area contributed by atoms with Gasteiger partial charge in [0.15, 0.2) is 0 Å². The van der Waals surface area contributed by atoms with Crippen molar-refractivity contribution in [1.29, 1.82) is 0 Å². The van der Waals surface area contributed by atoms with Gasteiger partial charge in [0.2, 0.25) is 0 Å². The van der Waals surface area contributed by atoms with Crippen molar-refractivity contribution >= 4 is 23.9 Å². The van der Waals surface area contributed by atoms with Crippen molar-refractivity contribution in [2.75, 3.05) is 6.61 Å². The summed E-state index contributed by atoms with van der Waals surface area (Å²) in [5.41, 5.74) is 0.594. The molecule has 37 heavy (non-hydrogen) atoms. The van der Waals surface area contributed by atoms with E-state index in [4.69, 9.17) is 9.47 Å². The van der Waals surface area contributed by atoms with Crippen molar-refractivity contribution in [2.24, 2.45) is 40.9 Å². The van der Waals surface area contributed by atoms with Gasteiger partial charge in [-0.05, 0) is 93.8 Å². The fourth-order valence-corrected chi connectivity index (χ4v) is 8.40. The molecule has 0 aromatic heterocycles. The maximum atomic E-state index is 12.0. The number of carbonyl (C=O) groups excluding carboxylic acids is 4. The zero-order valence-electron chi connectivity index (χ0n) is 21.9. The van der Waals surface area contributed by atoms with Crippen molar-refractivity contribution < 1.29 is 33.4 Å². The van der Waals surface area contributed by atoms with Crippen LogP contribution in [0.15, 0.2) is 36.5 Å². The Kier molecular flexibility index (Phi) is 6.92. The maximum absolute atomic E-state index is 12.0. The van der Waals surface area contributed by atoms with E-state index in [2.05, 4.69) is 30.4 Å². The highest BCUT2D eigenvalue weighted by Gasteiger charge is 2.58. The molecule has 6 bridgehead atoms. The third-order valence-corrected chi connectivity index (χ3v) is 9.91. The summed E-state index contributed by atoms with van der Waals surface area (Å²) in [4.78, 5) is 42.9. The Labute approximate surface area is 218 Å². The van der Waals surface area contributed by atoms with E-state index in [1.807, 2.05) is 0 Å². The molecule has 6 fully saturated rings. The van der Waals surface area contributed by atoms with Crippen LogP contribution in [0.5, 0.6) is 0 Å². The smallest absolute Gasteiger partial charge is 0.338 e. The van der Waals surface area contributed by atoms with Gasteiger partial charge in [0.25, 0.3) is 0 Å². The fourth-order valence-electron chi connectivity index (χ4n) is 8.40. The lowest BCUT2D eigenvalue weighted by Crippen LogP contribution is -2.59. The molecule has 5 saturated carbocycles. The van der Waals surface area contributed by atoms with Crippen molar-refractivity contribution in [3.8, 4) is 0 Å². The highest BCUT2D eigenvalue weighted by molar-refractivity contribution is 6.04. The maximum Gasteiger partial charge on any atom is 0.338 e. The number of ether oxygens (including phenoxy) is 3. The molecule has 3 atom stereocenters. The zero-order valence-corrected chi connectivity index (χ0v) is 21.9. The highest BCUT2D eigenvalue weighted by atomic mass is 16.6. The summed E-state index contributed by atoms with van der Waals surface area (Å²) in [6.07, 6.45) is 17.4. The first-order valence-electron chi connectivity index (χ1n) is 13.8. The SMILES string of the molecule is C=C(C)C(=O)OC1(CC)C2CC3CC(C2)CC1C3.O=C1C=CC(=O)O1.O=C1CC2(CO1)CC1C=CC2C1. The van der Waals surface area contributed by atoms with Gasteiger partial charge >= 0.3 is 23.9 Å². The first-order chi connectivity index (χ1) is 17.6. The number of rotatable bonds is 3. The minimum Gasteiger partial charge on any atom is -0.465 e. The topological polar surface area (TPSA) is 96.0 Å². The first-order valence-corrected chi connectivity index (χ1v) is 13.8. The Hall–Kier alpha value is -2.70. The molecule has 1 saturated heterocycles. The summed E-state index contributed by atoms with van der Waals surface area (Å²) < 4.78 is 15.0. The summed E-state index contributed by atoms with van der Waals surface area (Å²) in [6, 6.07) is 0. The molecule has 0 aromatic carbocycles. The third kappa shape index (κ3) is 4.94. The number of hydrogen-bond acceptors (Lipinski definition) is 7. The molecule has 0 amide bonds. The summed E-state index contributed by atoms with van der Waals surface area (Å²) in [6.45, 7) is 8.35. The molecule has 2 heterocycles. The molecule has 7 heteroatoms. The van der Waals surface area contributed by atoms with Gasteiger partial charge < -0.3 is 14.2 Å². The van der Waals surface area contributed by atoms with Crippen LogP contribution in [0.2, 0.25) is 0 Å². The average Bonchev–Trinajstić information content (AvgIpc) is 3.63. The minimum absolute atomic E-state index is 0.0101. The van der Waals surface area contributed by atoms with Crippen molar-refractivity contribution in [1.82, 2.24) is 0 Å². The molecule has 2 aliphatic heterocycles. The van der Waals surface area contributed by atoms with Gasteiger partial charge in [0.1, 0.15) is 5.60 Å². The van der Waals surface area contributed by atoms with Crippen LogP contribution in [0.1, 0.15) is 71.6 Å². The molecule has 0 radical (unpaired) electrons. The normalized spacial score (nSPS) is 41.2. The van der Waals surface area contributed by atoms with Crippen LogP contribution in [0.4, 0.5) is 0 Å². The van der Waals surface area contributed by atoms with Crippen LogP contribution in [0, 0.1) is 40.9 Å². The van der Waals surface area contributed by atoms with Crippen molar-refractivity contribution in [3.05, 3.63) is 36.5 Å². The fraction of sp³-hybridized carbons (Fsp3) is 0.667. The van der Waals surface area contributed by atoms with Gasteiger partial charge in [-0.3, -0.25) is 4.79 Å². The molecule has 1 spiro atoms. The molecule has 7 nitrogen and oxygen atoms in total. The van der Waals surface area contributed by atoms with Gasteiger partial charge in [0.05, 0.1) is 13.0 Å². The van der Waals surface area contributed by atoms with E-state index < -0.39 is 11.9 Å². The van der Waals surface area contributed by atoms with E-state index in [-0.39, 0.29) is 23.0 Å². The largest absolute Gasteiger partial charge is 0.465 e. The van der Waals surface area contributed by atoms with Crippen LogP contribution < -0.4 is 0 Å². The lowest BCUT2D eigenvalue weighted by atomic mass is 9.49. The monoisotopic (exact) mass is 510 g/mol. The second-order valence-electron chi connectivity index (χ2n) is 12.2. The average molecular weight is 511 g/mol. The van der Waals surface area contributed by atoms with Gasteiger partial charge in [-0.15, -0.1) is 0 Å². The number of allylic oxidation sites excluding steroid dienone is 2. The number of cyclic esters (lactones) is 3. The lowest BCUT2D eigenvalue weighted by molar-refractivity contribution is -0.207. The second kappa shape index (κ2) is 9.88. The van der Waals surface area contributed by atoms with Crippen LogP contribution >= 0.6 is 0 Å². The third-order valence-electron chi connectivity index (χ3n) is 9.91. The van der Waals surface area contributed by atoms with E-state index in [0.29, 0.717) is 36.4 Å². The van der Waals surface area contributed by atoms with Gasteiger partial charge in [0, 0.05) is 23.1 Å². The van der Waals surface area contributed by atoms with E-state index in [0.717, 1.165) is 36.3 Å². The van der Waals surface area contributed by atoms with E-state index in [1.54, 1.807) is 6.92 Å². The second-order valence-corrected chi connectivity index (χ2v) is 12.2. The van der Waals surface area contributed by atoms with Crippen molar-refractivity contribution in [3.63, 3.8) is 0 Å². The predicted molar refractivity (Wildman–Crippen MR) is 135 cm³/mol. The van der Waals surface area contributed by atoms with E-state index >= 15 is 0 Å². The number of fused-ring (bicyclic) bond motifs is 3. The molecular formula is C30H38O7. The molecule has 8 aliphatic rings. The quantitative estimate of drug-likeness (QED) is 0.176. The predicted octanol–water partition coefficient (Wildman–Crippen LogP) is 4.85. The lowest BCUT2D eigenvalue weighted by Gasteiger charge is -2.60. The van der Waals surface area contributed by atoms with Crippen LogP contribution in [-0.4, -0.2) is 36.1 Å². The van der Waals surface area contributed by atoms with Crippen LogP contribution in [-0.2, 0) is 33.4 Å². The minimum atomic E-state index is -0.579. The summed E-state index contributed by atoms with van der Waals surface area (Å²) in [7, 11) is 0. The summed E-state index contributed by atoms with van der Waals surface area (Å²) in [5.74, 6) is 3.10. The number of carbonyl (C=O) groups is 4. The van der Waals surface area contributed by atoms with Crippen LogP contribution in [0.25, 0.3) is 0 Å². The Morgan fingerprint density at radius 3 is 2.00 bits per heavy atom. The molecule has 3 unspecified atom stereocenters. The Balaban J connectivity index is 0.000000126. The first kappa shape index (κ1) is 25.9. The van der Waals surface area contributed by atoms with E-state index in [1.165, 1.54) is 44.9 Å². The summed E-state index contributed by atoms with van der Waals surface area (Å²) in [5, 5.41) is 0. The van der Waals surface area contributed by atoms with Gasteiger partial charge in [-0.1, -0.05) is 25.7 Å². The molecule has 8 rings (SSSR count). The number of esters is 4. The molecule has 0 N–H and O–H groups in total. The van der Waals surface area contributed by atoms with Crippen molar-refractivity contribution in [2.45, 2.75) is 77.2 Å². The standard InChI is InChI=1S/C16H24O2.C10H12O2.C4H2O3/c1-4-16(18-15(17)10(2)3)13-6-11-5-12(8-13)9-14(16)7-11;11-9-5-10(6-12-9)4-7-1-2-8(10)3-7;5-3-1-2-4(6)7-3/h11-14H,2,4-9H2,1,3H3;1-2,7-8H,3-6H2;1-2H. The van der Waals surface area contributed by atoms with E-state index in [9.17, 15) is 19.2 Å². The Morgan fingerprint density at radius 2 is 1.62 bits per heavy atom. The van der Waals surface area contributed by atoms with Gasteiger partial charge in [-0.2, -0.15) is 0 Å². The Morgan fingerprint density at radius 1 is 1.00 bits per heavy atom. The number of hydrogen-bond donors (Lipinski definition) is 0. The van der Waals surface area contributed by atoms with Crippen LogP contribution in [0.3, 0.4) is 0 Å². The zero-order chi connectivity index (χ0) is 26.4. The highest BCUT2D eigenvalue weighted by Crippen LogP contribution is 2.61. The molecule has 0 aromatic rings. The van der Waals surface area contributed by atoms with Gasteiger partial charge in [-0.25, -0.2) is 14.4 Å². The Bertz CT molecular complexity index is 1010. The molecule has 200 valence electrons. The molecule has 6 aliphatic carbocycles.